The first-order valence-electron chi connectivity index (χ1n) is 7.11. The lowest BCUT2D eigenvalue weighted by molar-refractivity contribution is -0.117. The molecule has 0 bridgehead atoms. The van der Waals surface area contributed by atoms with Crippen LogP contribution in [0, 0.1) is 0 Å². The minimum Gasteiger partial charge on any atom is -0.467 e. The first-order valence-corrected chi connectivity index (χ1v) is 8.09. The van der Waals surface area contributed by atoms with Crippen LogP contribution in [0.3, 0.4) is 0 Å². The van der Waals surface area contributed by atoms with Crippen LogP contribution in [0.25, 0.3) is 0 Å². The van der Waals surface area contributed by atoms with E-state index < -0.39 is 11.9 Å². The monoisotopic (exact) mass is 337 g/mol. The Labute approximate surface area is 138 Å². The largest absolute Gasteiger partial charge is 0.467 e. The van der Waals surface area contributed by atoms with Crippen molar-refractivity contribution < 1.29 is 14.0 Å². The number of carbonyl (C=O) groups is 2. The Kier molecular flexibility index (Phi) is 5.80. The third kappa shape index (κ3) is 4.59. The fourth-order valence-corrected chi connectivity index (χ4v) is 2.64. The molecule has 0 saturated carbocycles. The second-order valence-corrected chi connectivity index (χ2v) is 6.02. The zero-order chi connectivity index (χ0) is 16.8. The maximum Gasteiger partial charge on any atom is 0.321 e. The summed E-state index contributed by atoms with van der Waals surface area (Å²) in [5, 5.41) is 13.5. The SMILES string of the molecule is CNC(=O)NC(=O)CSc1nnc(C(C)C)n1Cc1ccco1. The van der Waals surface area contributed by atoms with Gasteiger partial charge in [0, 0.05) is 13.0 Å². The van der Waals surface area contributed by atoms with Crippen molar-refractivity contribution in [1.29, 1.82) is 0 Å². The molecule has 2 rings (SSSR count). The maximum atomic E-state index is 11.7. The van der Waals surface area contributed by atoms with Gasteiger partial charge in [-0.1, -0.05) is 25.6 Å². The van der Waals surface area contributed by atoms with Gasteiger partial charge in [-0.15, -0.1) is 10.2 Å². The van der Waals surface area contributed by atoms with E-state index in [9.17, 15) is 9.59 Å². The molecule has 0 aromatic carbocycles. The molecular weight excluding hydrogens is 318 g/mol. The van der Waals surface area contributed by atoms with Crippen LogP contribution < -0.4 is 10.6 Å². The molecule has 0 aliphatic heterocycles. The van der Waals surface area contributed by atoms with Crippen molar-refractivity contribution in [1.82, 2.24) is 25.4 Å². The topological polar surface area (TPSA) is 102 Å². The van der Waals surface area contributed by atoms with Crippen LogP contribution in [0.15, 0.2) is 28.0 Å². The molecule has 2 aromatic heterocycles. The molecule has 9 heteroatoms. The van der Waals surface area contributed by atoms with Gasteiger partial charge in [-0.25, -0.2) is 4.79 Å². The summed E-state index contributed by atoms with van der Waals surface area (Å²) in [7, 11) is 1.45. The van der Waals surface area contributed by atoms with E-state index in [2.05, 4.69) is 20.8 Å². The third-order valence-corrected chi connectivity index (χ3v) is 3.94. The molecule has 2 heterocycles. The van der Waals surface area contributed by atoms with Crippen LogP contribution in [-0.4, -0.2) is 39.5 Å². The molecule has 0 aliphatic carbocycles. The molecule has 8 nitrogen and oxygen atoms in total. The third-order valence-electron chi connectivity index (χ3n) is 2.97. The molecule has 3 amide bonds. The highest BCUT2D eigenvalue weighted by Gasteiger charge is 2.18. The van der Waals surface area contributed by atoms with Crippen molar-refractivity contribution >= 4 is 23.7 Å². The molecule has 0 fully saturated rings. The van der Waals surface area contributed by atoms with Gasteiger partial charge in [0.2, 0.25) is 5.91 Å². The summed E-state index contributed by atoms with van der Waals surface area (Å²) < 4.78 is 7.29. The molecule has 0 spiro atoms. The molecule has 0 atom stereocenters. The summed E-state index contributed by atoms with van der Waals surface area (Å²) in [4.78, 5) is 22.8. The summed E-state index contributed by atoms with van der Waals surface area (Å²) in [6, 6.07) is 3.16. The lowest BCUT2D eigenvalue weighted by Crippen LogP contribution is -2.38. The number of hydrogen-bond donors (Lipinski definition) is 2. The van der Waals surface area contributed by atoms with E-state index in [1.165, 1.54) is 18.8 Å². The fourth-order valence-electron chi connectivity index (χ4n) is 1.90. The predicted octanol–water partition coefficient (Wildman–Crippen LogP) is 1.59. The molecule has 0 aliphatic rings. The first-order chi connectivity index (χ1) is 11.0. The Morgan fingerprint density at radius 3 is 2.78 bits per heavy atom. The Balaban J connectivity index is 2.09. The van der Waals surface area contributed by atoms with E-state index in [-0.39, 0.29) is 11.7 Å². The van der Waals surface area contributed by atoms with Crippen LogP contribution in [-0.2, 0) is 11.3 Å². The van der Waals surface area contributed by atoms with Gasteiger partial charge in [-0.3, -0.25) is 14.7 Å². The average molecular weight is 337 g/mol. The van der Waals surface area contributed by atoms with Gasteiger partial charge in [0.15, 0.2) is 5.16 Å². The predicted molar refractivity (Wildman–Crippen MR) is 85.2 cm³/mol. The van der Waals surface area contributed by atoms with E-state index >= 15 is 0 Å². The molecule has 0 unspecified atom stereocenters. The molecule has 0 radical (unpaired) electrons. The Morgan fingerprint density at radius 1 is 1.39 bits per heavy atom. The number of carbonyl (C=O) groups excluding carboxylic acids is 2. The molecule has 0 saturated heterocycles. The highest BCUT2D eigenvalue weighted by molar-refractivity contribution is 7.99. The number of furan rings is 1. The van der Waals surface area contributed by atoms with Crippen molar-refractivity contribution in [3.8, 4) is 0 Å². The van der Waals surface area contributed by atoms with Gasteiger partial charge in [-0.2, -0.15) is 0 Å². The van der Waals surface area contributed by atoms with E-state index in [1.54, 1.807) is 6.26 Å². The lowest BCUT2D eigenvalue weighted by atomic mass is 10.2. The van der Waals surface area contributed by atoms with E-state index in [1.807, 2.05) is 30.5 Å². The number of rotatable bonds is 6. The van der Waals surface area contributed by atoms with Crippen LogP contribution in [0.2, 0.25) is 0 Å². The molecule has 124 valence electrons. The van der Waals surface area contributed by atoms with Crippen LogP contribution >= 0.6 is 11.8 Å². The van der Waals surface area contributed by atoms with Gasteiger partial charge >= 0.3 is 6.03 Å². The van der Waals surface area contributed by atoms with E-state index in [4.69, 9.17) is 4.42 Å². The Morgan fingerprint density at radius 2 is 2.17 bits per heavy atom. The number of urea groups is 1. The number of hydrogen-bond acceptors (Lipinski definition) is 6. The molecule has 2 N–H and O–H groups in total. The summed E-state index contributed by atoms with van der Waals surface area (Å²) in [6.07, 6.45) is 1.61. The molecular formula is C14H19N5O3S. The maximum absolute atomic E-state index is 11.7. The number of nitrogens with zero attached hydrogens (tertiary/aromatic N) is 3. The fraction of sp³-hybridized carbons (Fsp3) is 0.429. The summed E-state index contributed by atoms with van der Waals surface area (Å²) in [5.74, 6) is 1.46. The van der Waals surface area contributed by atoms with E-state index in [0.717, 1.165) is 11.6 Å². The highest BCUT2D eigenvalue weighted by Crippen LogP contribution is 2.22. The normalized spacial score (nSPS) is 10.8. The minimum absolute atomic E-state index is 0.0712. The van der Waals surface area contributed by atoms with Crippen molar-refractivity contribution in [2.24, 2.45) is 0 Å². The van der Waals surface area contributed by atoms with Gasteiger partial charge in [0.1, 0.15) is 11.6 Å². The zero-order valence-electron chi connectivity index (χ0n) is 13.2. The molecule has 2 aromatic rings. The number of thioether (sulfide) groups is 1. The number of nitrogens with one attached hydrogen (secondary N) is 2. The summed E-state index contributed by atoms with van der Waals surface area (Å²) in [5.41, 5.74) is 0. The van der Waals surface area contributed by atoms with Crippen LogP contribution in [0.5, 0.6) is 0 Å². The van der Waals surface area contributed by atoms with Gasteiger partial charge in [0.05, 0.1) is 18.6 Å². The van der Waals surface area contributed by atoms with Crippen LogP contribution in [0.4, 0.5) is 4.79 Å². The standard InChI is InChI=1S/C14H19N5O3S/c1-9(2)12-17-18-14(19(12)7-10-5-4-6-22-10)23-8-11(20)16-13(21)15-3/h4-6,9H,7-8H2,1-3H3,(H2,15,16,20,21). The quantitative estimate of drug-likeness (QED) is 0.776. The van der Waals surface area contributed by atoms with Gasteiger partial charge in [-0.05, 0) is 12.1 Å². The summed E-state index contributed by atoms with van der Waals surface area (Å²) in [6.45, 7) is 4.54. The lowest BCUT2D eigenvalue weighted by Gasteiger charge is -2.10. The highest BCUT2D eigenvalue weighted by atomic mass is 32.2. The number of amides is 3. The second-order valence-electron chi connectivity index (χ2n) is 5.08. The average Bonchev–Trinajstić information content (AvgIpc) is 3.15. The first kappa shape index (κ1) is 17.1. The van der Waals surface area contributed by atoms with Crippen molar-refractivity contribution in [3.05, 3.63) is 30.0 Å². The molecule has 23 heavy (non-hydrogen) atoms. The van der Waals surface area contributed by atoms with Crippen LogP contribution in [0.1, 0.15) is 31.4 Å². The Hall–Kier alpha value is -2.29. The van der Waals surface area contributed by atoms with Crippen molar-refractivity contribution in [2.45, 2.75) is 31.5 Å². The summed E-state index contributed by atoms with van der Waals surface area (Å²) >= 11 is 1.22. The smallest absolute Gasteiger partial charge is 0.321 e. The number of imide groups is 1. The van der Waals surface area contributed by atoms with Gasteiger partial charge < -0.3 is 9.73 Å². The van der Waals surface area contributed by atoms with Crippen molar-refractivity contribution in [2.75, 3.05) is 12.8 Å². The van der Waals surface area contributed by atoms with Gasteiger partial charge in [0.25, 0.3) is 0 Å². The zero-order valence-corrected chi connectivity index (χ0v) is 14.0. The Bertz CT molecular complexity index is 666. The van der Waals surface area contributed by atoms with Crippen molar-refractivity contribution in [3.63, 3.8) is 0 Å². The second kappa shape index (κ2) is 7.82. The van der Waals surface area contributed by atoms with E-state index in [0.29, 0.717) is 11.7 Å². The number of aromatic nitrogens is 3. The minimum atomic E-state index is -0.532.